The van der Waals surface area contributed by atoms with E-state index in [4.69, 9.17) is 0 Å². The molecule has 0 saturated carbocycles. The Kier molecular flexibility index (Phi) is 3.92. The molecular formula is C16H16N3OS+. The topological polar surface area (TPSA) is 48.8 Å². The van der Waals surface area contributed by atoms with Crippen molar-refractivity contribution < 1.29 is 9.36 Å². The fourth-order valence-electron chi connectivity index (χ4n) is 2.17. The monoisotopic (exact) mass is 298 g/mol. The number of rotatable bonds is 4. The zero-order valence-corrected chi connectivity index (χ0v) is 12.5. The average molecular weight is 298 g/mol. The maximum atomic E-state index is 12.0. The predicted octanol–water partition coefficient (Wildman–Crippen LogP) is 2.72. The Balaban J connectivity index is 1.66. The number of carbonyl (C=O) groups excluding carboxylic acids is 1. The first-order valence-electron chi connectivity index (χ1n) is 6.68. The van der Waals surface area contributed by atoms with Gasteiger partial charge in [0.2, 0.25) is 5.91 Å². The molecular weight excluding hydrogens is 282 g/mol. The van der Waals surface area contributed by atoms with Gasteiger partial charge in [0.25, 0.3) is 0 Å². The second kappa shape index (κ2) is 6.01. The number of amides is 1. The number of hydrogen-bond donors (Lipinski definition) is 2. The molecule has 0 aliphatic carbocycles. The van der Waals surface area contributed by atoms with Gasteiger partial charge >= 0.3 is 5.16 Å². The molecule has 1 heterocycles. The number of aromatic amines is 1. The molecule has 3 aromatic rings. The first-order valence-corrected chi connectivity index (χ1v) is 7.67. The Morgan fingerprint density at radius 1 is 1.14 bits per heavy atom. The van der Waals surface area contributed by atoms with Crippen molar-refractivity contribution in [1.82, 2.24) is 4.98 Å². The van der Waals surface area contributed by atoms with Crippen molar-refractivity contribution in [1.29, 1.82) is 0 Å². The van der Waals surface area contributed by atoms with E-state index in [1.807, 2.05) is 55.6 Å². The van der Waals surface area contributed by atoms with E-state index in [0.717, 1.165) is 21.9 Å². The van der Waals surface area contributed by atoms with Crippen LogP contribution in [0.1, 0.15) is 0 Å². The van der Waals surface area contributed by atoms with E-state index in [1.165, 1.54) is 11.8 Å². The molecule has 0 aliphatic rings. The smallest absolute Gasteiger partial charge is 0.317 e. The van der Waals surface area contributed by atoms with E-state index < -0.39 is 0 Å². The van der Waals surface area contributed by atoms with Crippen LogP contribution in [0.25, 0.3) is 11.0 Å². The van der Waals surface area contributed by atoms with E-state index in [2.05, 4.69) is 20.9 Å². The summed E-state index contributed by atoms with van der Waals surface area (Å²) in [5.41, 5.74) is 3.03. The predicted molar refractivity (Wildman–Crippen MR) is 85.3 cm³/mol. The molecule has 4 nitrogen and oxygen atoms in total. The lowest BCUT2D eigenvalue weighted by molar-refractivity contribution is -0.683. The number of nitrogens with one attached hydrogen (secondary N) is 2. The second-order valence-corrected chi connectivity index (χ2v) is 5.67. The molecule has 1 aromatic heterocycles. The molecule has 0 unspecified atom stereocenters. The summed E-state index contributed by atoms with van der Waals surface area (Å²) in [5, 5.41) is 3.85. The van der Waals surface area contributed by atoms with Crippen molar-refractivity contribution in [2.45, 2.75) is 5.16 Å². The second-order valence-electron chi connectivity index (χ2n) is 4.71. The first-order chi connectivity index (χ1) is 10.2. The van der Waals surface area contributed by atoms with Gasteiger partial charge in [0.15, 0.2) is 11.0 Å². The third kappa shape index (κ3) is 3.08. The summed E-state index contributed by atoms with van der Waals surface area (Å²) in [4.78, 5) is 15.3. The number of aryl methyl sites for hydroxylation is 1. The van der Waals surface area contributed by atoms with Gasteiger partial charge in [-0.3, -0.25) is 4.79 Å². The van der Waals surface area contributed by atoms with Crippen molar-refractivity contribution in [2.24, 2.45) is 7.05 Å². The summed E-state index contributed by atoms with van der Waals surface area (Å²) >= 11 is 1.50. The Hall–Kier alpha value is -2.27. The van der Waals surface area contributed by atoms with Crippen molar-refractivity contribution in [3.63, 3.8) is 0 Å². The summed E-state index contributed by atoms with van der Waals surface area (Å²) in [7, 11) is 2.00. The minimum absolute atomic E-state index is 0.00939. The molecule has 0 atom stereocenters. The highest BCUT2D eigenvalue weighted by atomic mass is 32.2. The van der Waals surface area contributed by atoms with E-state index in [9.17, 15) is 4.79 Å². The zero-order valence-electron chi connectivity index (χ0n) is 11.7. The van der Waals surface area contributed by atoms with Gasteiger partial charge in [0, 0.05) is 5.69 Å². The van der Waals surface area contributed by atoms with Crippen molar-refractivity contribution in [3.8, 4) is 0 Å². The summed E-state index contributed by atoms with van der Waals surface area (Å²) in [6.45, 7) is 0. The fraction of sp³-hybridized carbons (Fsp3) is 0.125. The highest BCUT2D eigenvalue weighted by Gasteiger charge is 2.16. The fourth-order valence-corrected chi connectivity index (χ4v) is 2.98. The molecule has 3 rings (SSSR count). The lowest BCUT2D eigenvalue weighted by Crippen LogP contribution is -2.29. The average Bonchev–Trinajstić information content (AvgIpc) is 2.83. The van der Waals surface area contributed by atoms with E-state index in [-0.39, 0.29) is 5.91 Å². The summed E-state index contributed by atoms with van der Waals surface area (Å²) in [6, 6.07) is 17.6. The summed E-state index contributed by atoms with van der Waals surface area (Å²) < 4.78 is 2.07. The van der Waals surface area contributed by atoms with Crippen LogP contribution in [-0.4, -0.2) is 16.6 Å². The number of imidazole rings is 1. The Bertz CT molecular complexity index is 768. The minimum atomic E-state index is -0.00939. The highest BCUT2D eigenvalue weighted by molar-refractivity contribution is 7.99. The number of nitrogens with zero attached hydrogens (tertiary/aromatic N) is 1. The van der Waals surface area contributed by atoms with Gasteiger partial charge in [-0.2, -0.15) is 0 Å². The molecule has 0 saturated heterocycles. The van der Waals surface area contributed by atoms with E-state index >= 15 is 0 Å². The number of anilines is 1. The van der Waals surface area contributed by atoms with Crippen molar-refractivity contribution in [3.05, 3.63) is 54.6 Å². The molecule has 2 aromatic carbocycles. The SMILES string of the molecule is C[n+]1c(SCC(=O)Nc2ccccc2)[nH]c2ccccc21. The van der Waals surface area contributed by atoms with Gasteiger partial charge in [0.05, 0.1) is 12.8 Å². The van der Waals surface area contributed by atoms with Crippen LogP contribution in [0.4, 0.5) is 5.69 Å². The third-order valence-electron chi connectivity index (χ3n) is 3.21. The van der Waals surface area contributed by atoms with Crippen LogP contribution in [0.15, 0.2) is 59.8 Å². The molecule has 0 radical (unpaired) electrons. The van der Waals surface area contributed by atoms with Gasteiger partial charge in [-0.15, -0.1) is 0 Å². The number of benzene rings is 2. The van der Waals surface area contributed by atoms with Crippen LogP contribution >= 0.6 is 11.8 Å². The molecule has 5 heteroatoms. The lowest BCUT2D eigenvalue weighted by atomic mass is 10.3. The van der Waals surface area contributed by atoms with Gasteiger partial charge in [-0.05, 0) is 36.0 Å². The van der Waals surface area contributed by atoms with Crippen LogP contribution < -0.4 is 9.88 Å². The number of thioether (sulfide) groups is 1. The van der Waals surface area contributed by atoms with Gasteiger partial charge in [0.1, 0.15) is 0 Å². The number of aromatic nitrogens is 2. The maximum absolute atomic E-state index is 12.0. The standard InChI is InChI=1S/C16H15N3OS/c1-19-14-10-6-5-9-13(14)18-16(19)21-11-15(20)17-12-7-3-2-4-8-12/h2-10H,11H2,1H3,(H,17,20)/p+1. The maximum Gasteiger partial charge on any atom is 0.317 e. The Labute approximate surface area is 127 Å². The quantitative estimate of drug-likeness (QED) is 0.575. The van der Waals surface area contributed by atoms with Gasteiger partial charge < -0.3 is 5.32 Å². The molecule has 106 valence electrons. The summed E-state index contributed by atoms with van der Waals surface area (Å²) in [5.74, 6) is 0.361. The van der Waals surface area contributed by atoms with Crippen LogP contribution in [0.3, 0.4) is 0 Å². The van der Waals surface area contributed by atoms with Gasteiger partial charge in [-0.25, -0.2) is 9.55 Å². The van der Waals surface area contributed by atoms with Crippen molar-refractivity contribution in [2.75, 3.05) is 11.1 Å². The normalized spacial score (nSPS) is 10.7. The molecule has 21 heavy (non-hydrogen) atoms. The van der Waals surface area contributed by atoms with Crippen LogP contribution in [0, 0.1) is 0 Å². The molecule has 2 N–H and O–H groups in total. The number of H-pyrrole nitrogens is 1. The molecule has 0 bridgehead atoms. The zero-order chi connectivity index (χ0) is 14.7. The number of hydrogen-bond acceptors (Lipinski definition) is 2. The van der Waals surface area contributed by atoms with Gasteiger partial charge in [-0.1, -0.05) is 30.3 Å². The minimum Gasteiger partial charge on any atom is -0.325 e. The largest absolute Gasteiger partial charge is 0.325 e. The van der Waals surface area contributed by atoms with Crippen LogP contribution in [-0.2, 0) is 11.8 Å². The Morgan fingerprint density at radius 3 is 2.62 bits per heavy atom. The number of para-hydroxylation sites is 3. The van der Waals surface area contributed by atoms with E-state index in [0.29, 0.717) is 5.75 Å². The number of carbonyl (C=O) groups is 1. The van der Waals surface area contributed by atoms with E-state index in [1.54, 1.807) is 0 Å². The summed E-state index contributed by atoms with van der Waals surface area (Å²) in [6.07, 6.45) is 0. The molecule has 1 amide bonds. The van der Waals surface area contributed by atoms with Crippen LogP contribution in [0.5, 0.6) is 0 Å². The highest BCUT2D eigenvalue weighted by Crippen LogP contribution is 2.17. The first kappa shape index (κ1) is 13.7. The number of fused-ring (bicyclic) bond motifs is 1. The Morgan fingerprint density at radius 2 is 1.86 bits per heavy atom. The lowest BCUT2D eigenvalue weighted by Gasteiger charge is -2.02. The molecule has 0 spiro atoms. The van der Waals surface area contributed by atoms with Crippen molar-refractivity contribution >= 4 is 34.4 Å². The molecule has 0 fully saturated rings. The third-order valence-corrected chi connectivity index (χ3v) is 4.27. The molecule has 0 aliphatic heterocycles. The van der Waals surface area contributed by atoms with Crippen LogP contribution in [0.2, 0.25) is 0 Å².